The second-order valence-electron chi connectivity index (χ2n) is 4.69. The molecule has 1 nitrogen and oxygen atoms in total. The van der Waals surface area contributed by atoms with Gasteiger partial charge in [-0.15, -0.1) is 19.4 Å². The molecular formula is C19H25N. The summed E-state index contributed by atoms with van der Waals surface area (Å²) in [5.74, 6) is 5.48. The summed E-state index contributed by atoms with van der Waals surface area (Å²) in [4.78, 5) is 0. The zero-order valence-electron chi connectivity index (χ0n) is 12.5. The number of hydrogen-bond donors (Lipinski definition) is 1. The Hall–Kier alpha value is -1.96. The van der Waals surface area contributed by atoms with Crippen molar-refractivity contribution in [2.45, 2.75) is 32.6 Å². The quantitative estimate of drug-likeness (QED) is 0.381. The molecule has 0 spiro atoms. The molecule has 0 saturated heterocycles. The van der Waals surface area contributed by atoms with E-state index < -0.39 is 5.41 Å². The lowest BCUT2D eigenvalue weighted by atomic mass is 9.80. The molecule has 0 aromatic heterocycles. The molecule has 0 aliphatic rings. The van der Waals surface area contributed by atoms with E-state index in [2.05, 4.69) is 31.1 Å². The maximum absolute atomic E-state index is 5.58. The van der Waals surface area contributed by atoms with E-state index in [0.717, 1.165) is 24.8 Å². The Labute approximate surface area is 124 Å². The van der Waals surface area contributed by atoms with Crippen LogP contribution in [0.25, 0.3) is 0 Å². The molecule has 0 radical (unpaired) electrons. The number of terminal acetylenes is 2. The van der Waals surface area contributed by atoms with Gasteiger partial charge in [-0.2, -0.15) is 0 Å². The van der Waals surface area contributed by atoms with Crippen molar-refractivity contribution in [1.82, 2.24) is 0 Å². The zero-order valence-corrected chi connectivity index (χ0v) is 12.5. The summed E-state index contributed by atoms with van der Waals surface area (Å²) in [6.45, 7) is 10.3. The highest BCUT2D eigenvalue weighted by atomic mass is 14.5. The summed E-state index contributed by atoms with van der Waals surface area (Å²) in [5, 5.41) is 0. The van der Waals surface area contributed by atoms with E-state index in [1.165, 1.54) is 5.57 Å². The minimum Gasteiger partial charge on any atom is -0.327 e. The van der Waals surface area contributed by atoms with E-state index in [0.29, 0.717) is 13.0 Å². The van der Waals surface area contributed by atoms with Crippen molar-refractivity contribution in [2.75, 3.05) is 6.54 Å². The standard InChI is InChI=1S/C19H25N/c1-6-14-19(8-3,9-4)15-10-13-18(7-2)17(5)12-11-16-20/h3-4,6-7,11-12H,1,5,10,13-16,20H2,2H3/b12-11-,18-7-. The largest absolute Gasteiger partial charge is 0.327 e. The molecule has 0 heterocycles. The Bertz CT molecular complexity index is 449. The lowest BCUT2D eigenvalue weighted by Crippen LogP contribution is -2.15. The molecule has 0 aliphatic carbocycles. The van der Waals surface area contributed by atoms with Gasteiger partial charge < -0.3 is 5.73 Å². The molecule has 0 fully saturated rings. The topological polar surface area (TPSA) is 26.0 Å². The molecule has 0 aromatic carbocycles. The van der Waals surface area contributed by atoms with Crippen molar-refractivity contribution in [1.29, 1.82) is 0 Å². The smallest absolute Gasteiger partial charge is 0.0947 e. The van der Waals surface area contributed by atoms with E-state index in [9.17, 15) is 0 Å². The van der Waals surface area contributed by atoms with Crippen LogP contribution in [-0.2, 0) is 0 Å². The molecule has 0 aromatic rings. The Kier molecular flexibility index (Phi) is 8.93. The summed E-state index contributed by atoms with van der Waals surface area (Å²) in [7, 11) is 0. The predicted octanol–water partition coefficient (Wildman–Crippen LogP) is 4.00. The predicted molar refractivity (Wildman–Crippen MR) is 89.9 cm³/mol. The van der Waals surface area contributed by atoms with Crippen LogP contribution in [0.2, 0.25) is 0 Å². The lowest BCUT2D eigenvalue weighted by molar-refractivity contribution is 0.477. The summed E-state index contributed by atoms with van der Waals surface area (Å²) < 4.78 is 0. The maximum Gasteiger partial charge on any atom is 0.0947 e. The fourth-order valence-electron chi connectivity index (χ4n) is 2.04. The summed E-state index contributed by atoms with van der Waals surface area (Å²) in [6.07, 6.45) is 22.2. The minimum absolute atomic E-state index is 0.505. The van der Waals surface area contributed by atoms with Crippen molar-refractivity contribution < 1.29 is 0 Å². The second kappa shape index (κ2) is 9.90. The number of allylic oxidation sites excluding steroid dienone is 5. The summed E-state index contributed by atoms with van der Waals surface area (Å²) >= 11 is 0. The van der Waals surface area contributed by atoms with Crippen molar-refractivity contribution in [3.8, 4) is 24.7 Å². The second-order valence-corrected chi connectivity index (χ2v) is 4.69. The normalized spacial score (nSPS) is 11.9. The number of nitrogens with two attached hydrogens (primary N) is 1. The van der Waals surface area contributed by atoms with Gasteiger partial charge in [-0.05, 0) is 43.8 Å². The van der Waals surface area contributed by atoms with Crippen LogP contribution < -0.4 is 5.73 Å². The van der Waals surface area contributed by atoms with Crippen LogP contribution in [0.1, 0.15) is 32.6 Å². The van der Waals surface area contributed by atoms with E-state index in [1.807, 2.05) is 19.1 Å². The first-order chi connectivity index (χ1) is 9.59. The molecule has 0 bridgehead atoms. The van der Waals surface area contributed by atoms with Crippen LogP contribution in [0.3, 0.4) is 0 Å². The number of hydrogen-bond acceptors (Lipinski definition) is 1. The monoisotopic (exact) mass is 267 g/mol. The first kappa shape index (κ1) is 18.0. The van der Waals surface area contributed by atoms with Crippen LogP contribution in [0, 0.1) is 30.1 Å². The fourth-order valence-corrected chi connectivity index (χ4v) is 2.04. The molecule has 0 rings (SSSR count). The van der Waals surface area contributed by atoms with Crippen LogP contribution in [0.5, 0.6) is 0 Å². The molecule has 106 valence electrons. The van der Waals surface area contributed by atoms with Gasteiger partial charge in [0.2, 0.25) is 0 Å². The third-order valence-electron chi connectivity index (χ3n) is 3.31. The van der Waals surface area contributed by atoms with Crippen molar-refractivity contribution in [3.63, 3.8) is 0 Å². The van der Waals surface area contributed by atoms with Crippen molar-refractivity contribution in [2.24, 2.45) is 11.1 Å². The Morgan fingerprint density at radius 2 is 2.00 bits per heavy atom. The van der Waals surface area contributed by atoms with E-state index in [1.54, 1.807) is 6.08 Å². The molecule has 0 unspecified atom stereocenters. The van der Waals surface area contributed by atoms with Crippen LogP contribution in [-0.4, -0.2) is 6.54 Å². The summed E-state index contributed by atoms with van der Waals surface area (Å²) in [5.41, 5.74) is 7.14. The average Bonchev–Trinajstić information content (AvgIpc) is 2.48. The highest BCUT2D eigenvalue weighted by Gasteiger charge is 2.22. The molecule has 0 atom stereocenters. The summed E-state index contributed by atoms with van der Waals surface area (Å²) in [6, 6.07) is 0. The van der Waals surface area contributed by atoms with Gasteiger partial charge in [-0.25, -0.2) is 0 Å². The fraction of sp³-hybridized carbons (Fsp3) is 0.368. The van der Waals surface area contributed by atoms with Crippen LogP contribution in [0.4, 0.5) is 0 Å². The minimum atomic E-state index is -0.505. The van der Waals surface area contributed by atoms with Crippen LogP contribution in [0.15, 0.2) is 48.6 Å². The molecule has 0 aliphatic heterocycles. The van der Waals surface area contributed by atoms with Gasteiger partial charge >= 0.3 is 0 Å². The Balaban J connectivity index is 4.58. The van der Waals surface area contributed by atoms with Crippen molar-refractivity contribution >= 4 is 0 Å². The van der Waals surface area contributed by atoms with E-state index >= 15 is 0 Å². The Morgan fingerprint density at radius 3 is 2.45 bits per heavy atom. The van der Waals surface area contributed by atoms with Gasteiger partial charge in [0.15, 0.2) is 0 Å². The molecule has 0 saturated carbocycles. The Morgan fingerprint density at radius 1 is 1.35 bits per heavy atom. The molecule has 0 amide bonds. The van der Waals surface area contributed by atoms with Gasteiger partial charge in [-0.1, -0.05) is 42.7 Å². The molecule has 1 heteroatoms. The lowest BCUT2D eigenvalue weighted by Gasteiger charge is -2.21. The van der Waals surface area contributed by atoms with Crippen molar-refractivity contribution in [3.05, 3.63) is 48.6 Å². The molecular weight excluding hydrogens is 242 g/mol. The third-order valence-corrected chi connectivity index (χ3v) is 3.31. The van der Waals surface area contributed by atoms with Gasteiger partial charge in [0.1, 0.15) is 0 Å². The highest BCUT2D eigenvalue weighted by molar-refractivity contribution is 5.37. The van der Waals surface area contributed by atoms with Gasteiger partial charge in [0.05, 0.1) is 5.41 Å². The first-order valence-electron chi connectivity index (χ1n) is 6.86. The molecule has 20 heavy (non-hydrogen) atoms. The van der Waals surface area contributed by atoms with E-state index in [4.69, 9.17) is 18.6 Å². The van der Waals surface area contributed by atoms with Gasteiger partial charge in [0, 0.05) is 6.54 Å². The zero-order chi connectivity index (χ0) is 15.4. The van der Waals surface area contributed by atoms with E-state index in [-0.39, 0.29) is 0 Å². The van der Waals surface area contributed by atoms with Gasteiger partial charge in [0.25, 0.3) is 0 Å². The molecule has 2 N–H and O–H groups in total. The third kappa shape index (κ3) is 5.79. The highest BCUT2D eigenvalue weighted by Crippen LogP contribution is 2.29. The van der Waals surface area contributed by atoms with Crippen LogP contribution >= 0.6 is 0 Å². The SMILES string of the molecule is C#CC(C#C)(CC=C)CCC/C(=C/C)C(=C)/C=C\CN. The average molecular weight is 267 g/mol. The first-order valence-corrected chi connectivity index (χ1v) is 6.86. The van der Waals surface area contributed by atoms with Gasteiger partial charge in [-0.3, -0.25) is 0 Å². The maximum atomic E-state index is 5.58. The number of rotatable bonds is 9.